The van der Waals surface area contributed by atoms with E-state index < -0.39 is 17.3 Å². The molecule has 8 heteroatoms. The van der Waals surface area contributed by atoms with E-state index in [0.717, 1.165) is 10.2 Å². The first kappa shape index (κ1) is 18.5. The molecule has 0 unspecified atom stereocenters. The lowest BCUT2D eigenvalue weighted by molar-refractivity contribution is -0.122. The number of hydrogen-bond donors (Lipinski definition) is 1. The summed E-state index contributed by atoms with van der Waals surface area (Å²) in [5, 5.41) is 11.3. The Morgan fingerprint density at radius 3 is 2.55 bits per heavy atom. The van der Waals surface area contributed by atoms with Gasteiger partial charge in [0.2, 0.25) is 5.91 Å². The molecule has 1 amide bonds. The number of aryl methyl sites for hydroxylation is 1. The summed E-state index contributed by atoms with van der Waals surface area (Å²) in [5.74, 6) is -0.355. The van der Waals surface area contributed by atoms with Crippen molar-refractivity contribution in [2.45, 2.75) is 20.0 Å². The van der Waals surface area contributed by atoms with Gasteiger partial charge in [0.25, 0.3) is 5.56 Å². The number of rotatable bonds is 5. The first-order valence-corrected chi connectivity index (χ1v) is 9.06. The molecular formula is C21H18FN5O2. The fourth-order valence-electron chi connectivity index (χ4n) is 3.06. The molecule has 0 spiro atoms. The van der Waals surface area contributed by atoms with Crippen molar-refractivity contribution < 1.29 is 9.18 Å². The number of halogens is 1. The molecule has 0 atom stereocenters. The van der Waals surface area contributed by atoms with Crippen LogP contribution in [0.5, 0.6) is 0 Å². The van der Waals surface area contributed by atoms with Crippen molar-refractivity contribution in [1.29, 1.82) is 0 Å². The second-order valence-corrected chi connectivity index (χ2v) is 6.57. The Bertz CT molecular complexity index is 1250. The molecule has 0 aliphatic heterocycles. The summed E-state index contributed by atoms with van der Waals surface area (Å²) in [6.45, 7) is 1.48. The van der Waals surface area contributed by atoms with Crippen LogP contribution in [0.25, 0.3) is 16.8 Å². The standard InChI is InChI=1S/C21H18FN5O2/c1-14-24-26(13-20(28)23-12-16-9-5-6-10-17(16)22)21(29)19-11-18(25-27(14)19)15-7-3-2-4-8-15/h2-11H,12-13H2,1H3,(H,23,28). The summed E-state index contributed by atoms with van der Waals surface area (Å²) >= 11 is 0. The summed E-state index contributed by atoms with van der Waals surface area (Å²) in [7, 11) is 0. The van der Waals surface area contributed by atoms with Gasteiger partial charge >= 0.3 is 0 Å². The van der Waals surface area contributed by atoms with Gasteiger partial charge in [-0.15, -0.1) is 0 Å². The Morgan fingerprint density at radius 2 is 1.79 bits per heavy atom. The van der Waals surface area contributed by atoms with E-state index in [0.29, 0.717) is 22.6 Å². The minimum atomic E-state index is -0.436. The maximum Gasteiger partial charge on any atom is 0.293 e. The van der Waals surface area contributed by atoms with Crippen molar-refractivity contribution in [3.8, 4) is 11.3 Å². The number of hydrogen-bond acceptors (Lipinski definition) is 4. The molecule has 0 saturated carbocycles. The fraction of sp³-hybridized carbons (Fsp3) is 0.143. The third-order valence-corrected chi connectivity index (χ3v) is 4.53. The fourth-order valence-corrected chi connectivity index (χ4v) is 3.06. The van der Waals surface area contributed by atoms with E-state index in [9.17, 15) is 14.0 Å². The maximum absolute atomic E-state index is 13.7. The van der Waals surface area contributed by atoms with Crippen LogP contribution >= 0.6 is 0 Å². The van der Waals surface area contributed by atoms with E-state index >= 15 is 0 Å². The van der Waals surface area contributed by atoms with Crippen LogP contribution in [0.2, 0.25) is 0 Å². The van der Waals surface area contributed by atoms with Crippen LogP contribution in [0.4, 0.5) is 4.39 Å². The number of carbonyl (C=O) groups is 1. The van der Waals surface area contributed by atoms with E-state index in [4.69, 9.17) is 0 Å². The summed E-state index contributed by atoms with van der Waals surface area (Å²) in [6.07, 6.45) is 0. The SMILES string of the molecule is Cc1nn(CC(=O)NCc2ccccc2F)c(=O)c2cc(-c3ccccc3)nn12. The van der Waals surface area contributed by atoms with Crippen LogP contribution in [0.1, 0.15) is 11.4 Å². The van der Waals surface area contributed by atoms with E-state index in [1.165, 1.54) is 10.6 Å². The molecule has 0 bridgehead atoms. The number of amides is 1. The van der Waals surface area contributed by atoms with Gasteiger partial charge in [-0.2, -0.15) is 10.2 Å². The number of benzene rings is 2. The number of carbonyl (C=O) groups excluding carboxylic acids is 1. The second kappa shape index (κ2) is 7.67. The zero-order chi connectivity index (χ0) is 20.4. The number of fused-ring (bicyclic) bond motifs is 1. The van der Waals surface area contributed by atoms with Gasteiger partial charge in [-0.25, -0.2) is 13.6 Å². The molecular weight excluding hydrogens is 373 g/mol. The molecule has 0 saturated heterocycles. The Labute approximate surface area is 165 Å². The molecule has 2 aromatic heterocycles. The van der Waals surface area contributed by atoms with Crippen LogP contribution in [-0.4, -0.2) is 25.3 Å². The van der Waals surface area contributed by atoms with Crippen LogP contribution in [-0.2, 0) is 17.9 Å². The molecule has 2 heterocycles. The summed E-state index contributed by atoms with van der Waals surface area (Å²) < 4.78 is 16.2. The third kappa shape index (κ3) is 3.77. The minimum Gasteiger partial charge on any atom is -0.350 e. The highest BCUT2D eigenvalue weighted by Gasteiger charge is 2.15. The first-order valence-electron chi connectivity index (χ1n) is 9.06. The van der Waals surface area contributed by atoms with Crippen molar-refractivity contribution in [1.82, 2.24) is 24.7 Å². The number of nitrogens with zero attached hydrogens (tertiary/aromatic N) is 4. The van der Waals surface area contributed by atoms with Crippen molar-refractivity contribution >= 4 is 11.4 Å². The normalized spacial score (nSPS) is 11.0. The Hall–Kier alpha value is -3.81. The van der Waals surface area contributed by atoms with Gasteiger partial charge in [0.05, 0.1) is 5.69 Å². The predicted octanol–water partition coefficient (Wildman–Crippen LogP) is 2.32. The van der Waals surface area contributed by atoms with Gasteiger partial charge in [0.15, 0.2) is 0 Å². The lowest BCUT2D eigenvalue weighted by Gasteiger charge is -2.08. The Morgan fingerprint density at radius 1 is 1.07 bits per heavy atom. The van der Waals surface area contributed by atoms with Gasteiger partial charge in [-0.3, -0.25) is 9.59 Å². The van der Waals surface area contributed by atoms with Crippen LogP contribution in [0, 0.1) is 12.7 Å². The lowest BCUT2D eigenvalue weighted by atomic mass is 10.1. The van der Waals surface area contributed by atoms with E-state index in [1.54, 1.807) is 31.2 Å². The smallest absolute Gasteiger partial charge is 0.293 e. The van der Waals surface area contributed by atoms with E-state index in [-0.39, 0.29) is 13.1 Å². The molecule has 29 heavy (non-hydrogen) atoms. The first-order chi connectivity index (χ1) is 14.0. The number of nitrogens with one attached hydrogen (secondary N) is 1. The highest BCUT2D eigenvalue weighted by atomic mass is 19.1. The molecule has 146 valence electrons. The molecule has 0 aliphatic carbocycles. The monoisotopic (exact) mass is 391 g/mol. The molecule has 4 aromatic rings. The molecule has 0 aliphatic rings. The molecule has 1 N–H and O–H groups in total. The lowest BCUT2D eigenvalue weighted by Crippen LogP contribution is -2.34. The van der Waals surface area contributed by atoms with E-state index in [1.807, 2.05) is 30.3 Å². The van der Waals surface area contributed by atoms with Crippen molar-refractivity contribution in [3.05, 3.63) is 88.2 Å². The highest BCUT2D eigenvalue weighted by molar-refractivity contribution is 5.75. The molecule has 4 rings (SSSR count). The predicted molar refractivity (Wildman–Crippen MR) is 106 cm³/mol. The van der Waals surface area contributed by atoms with Crippen molar-refractivity contribution in [2.24, 2.45) is 0 Å². The van der Waals surface area contributed by atoms with Crippen LogP contribution in [0.3, 0.4) is 0 Å². The van der Waals surface area contributed by atoms with Gasteiger partial charge in [-0.1, -0.05) is 48.5 Å². The van der Waals surface area contributed by atoms with Gasteiger partial charge in [0, 0.05) is 17.7 Å². The van der Waals surface area contributed by atoms with Crippen molar-refractivity contribution in [3.63, 3.8) is 0 Å². The average Bonchev–Trinajstić information content (AvgIpc) is 3.18. The van der Waals surface area contributed by atoms with Crippen LogP contribution in [0.15, 0.2) is 65.5 Å². The molecule has 2 aromatic carbocycles. The Kier molecular flexibility index (Phi) is 4.90. The van der Waals surface area contributed by atoms with Gasteiger partial charge in [0.1, 0.15) is 23.7 Å². The number of aromatic nitrogens is 4. The zero-order valence-electron chi connectivity index (χ0n) is 15.7. The summed E-state index contributed by atoms with van der Waals surface area (Å²) in [6, 6.07) is 17.4. The Balaban J connectivity index is 1.58. The third-order valence-electron chi connectivity index (χ3n) is 4.53. The summed E-state index contributed by atoms with van der Waals surface area (Å²) in [4.78, 5) is 25.1. The van der Waals surface area contributed by atoms with E-state index in [2.05, 4.69) is 15.5 Å². The van der Waals surface area contributed by atoms with Gasteiger partial charge in [-0.05, 0) is 19.1 Å². The second-order valence-electron chi connectivity index (χ2n) is 6.57. The quantitative estimate of drug-likeness (QED) is 0.566. The average molecular weight is 391 g/mol. The van der Waals surface area contributed by atoms with Crippen molar-refractivity contribution in [2.75, 3.05) is 0 Å². The zero-order valence-corrected chi connectivity index (χ0v) is 15.7. The highest BCUT2D eigenvalue weighted by Crippen LogP contribution is 2.18. The molecule has 7 nitrogen and oxygen atoms in total. The summed E-state index contributed by atoms with van der Waals surface area (Å²) in [5.41, 5.74) is 1.80. The van der Waals surface area contributed by atoms with Crippen LogP contribution < -0.4 is 10.9 Å². The van der Waals surface area contributed by atoms with Gasteiger partial charge < -0.3 is 5.32 Å². The molecule has 0 radical (unpaired) electrons. The molecule has 0 fully saturated rings. The minimum absolute atomic E-state index is 0.0340. The topological polar surface area (TPSA) is 81.3 Å². The maximum atomic E-state index is 13.7. The largest absolute Gasteiger partial charge is 0.350 e.